The highest BCUT2D eigenvalue weighted by molar-refractivity contribution is 7.89. The molecule has 0 aliphatic rings. The summed E-state index contributed by atoms with van der Waals surface area (Å²) in [6.07, 6.45) is -2.80. The third-order valence-electron chi connectivity index (χ3n) is 5.31. The van der Waals surface area contributed by atoms with Crippen molar-refractivity contribution in [1.82, 2.24) is 15.4 Å². The van der Waals surface area contributed by atoms with Gasteiger partial charge in [-0.25, -0.2) is 21.9 Å². The Balaban J connectivity index is 1.47. The quantitative estimate of drug-likeness (QED) is 0.285. The zero-order chi connectivity index (χ0) is 26.3. The lowest BCUT2D eigenvalue weighted by molar-refractivity contribution is -0.124. The Morgan fingerprint density at radius 2 is 1.78 bits per heavy atom. The third-order valence-corrected chi connectivity index (χ3v) is 8.28. The monoisotopic (exact) mass is 557 g/mol. The van der Waals surface area contributed by atoms with Crippen LogP contribution in [-0.2, 0) is 14.8 Å². The Bertz CT molecular complexity index is 1300. The maximum Gasteiger partial charge on any atom is 0.262 e. The van der Waals surface area contributed by atoms with E-state index in [4.69, 9.17) is 11.6 Å². The minimum absolute atomic E-state index is 0.128. The average Bonchev–Trinajstić information content (AvgIpc) is 3.24. The van der Waals surface area contributed by atoms with E-state index in [1.165, 1.54) is 23.5 Å². The largest absolute Gasteiger partial charge is 0.354 e. The first-order valence-corrected chi connectivity index (χ1v) is 13.9. The van der Waals surface area contributed by atoms with Crippen LogP contribution in [0, 0.1) is 6.92 Å². The molecule has 36 heavy (non-hydrogen) atoms. The normalized spacial score (nSPS) is 12.6. The number of benzene rings is 2. The predicted octanol–water partition coefficient (Wildman–Crippen LogP) is 4.49. The molecule has 0 aliphatic heterocycles. The second-order valence-corrected chi connectivity index (χ2v) is 11.4. The van der Waals surface area contributed by atoms with Gasteiger partial charge in [0.1, 0.15) is 6.04 Å². The van der Waals surface area contributed by atoms with Crippen molar-refractivity contribution in [3.63, 3.8) is 0 Å². The number of carbonyl (C=O) groups excluding carboxylic acids is 2. The molecular weight excluding hydrogens is 532 g/mol. The van der Waals surface area contributed by atoms with Crippen molar-refractivity contribution < 1.29 is 26.8 Å². The van der Waals surface area contributed by atoms with Crippen molar-refractivity contribution in [1.29, 1.82) is 0 Å². The number of alkyl halides is 2. The summed E-state index contributed by atoms with van der Waals surface area (Å²) in [5.74, 6) is -1.31. The summed E-state index contributed by atoms with van der Waals surface area (Å²) in [6.45, 7) is 1.91. The highest BCUT2D eigenvalue weighted by Gasteiger charge is 2.25. The number of amides is 2. The molecule has 2 amide bonds. The maximum atomic E-state index is 13.1. The molecule has 7 nitrogen and oxygen atoms in total. The number of nitrogens with one attached hydrogen (secondary N) is 3. The molecule has 0 radical (unpaired) electrons. The van der Waals surface area contributed by atoms with Gasteiger partial charge in [-0.2, -0.15) is 0 Å². The molecule has 12 heteroatoms. The van der Waals surface area contributed by atoms with Crippen molar-refractivity contribution in [2.45, 2.75) is 43.5 Å². The summed E-state index contributed by atoms with van der Waals surface area (Å²) in [5, 5.41) is 6.23. The number of hydrogen-bond acceptors (Lipinski definition) is 5. The van der Waals surface area contributed by atoms with E-state index >= 15 is 0 Å². The average molecular weight is 558 g/mol. The molecule has 3 rings (SSSR count). The van der Waals surface area contributed by atoms with E-state index in [2.05, 4.69) is 15.4 Å². The summed E-state index contributed by atoms with van der Waals surface area (Å²) in [5.41, 5.74) is 0.519. The van der Waals surface area contributed by atoms with Crippen LogP contribution in [0.3, 0.4) is 0 Å². The maximum absolute atomic E-state index is 13.1. The van der Waals surface area contributed by atoms with E-state index in [0.29, 0.717) is 28.3 Å². The van der Waals surface area contributed by atoms with Crippen LogP contribution in [-0.4, -0.2) is 45.8 Å². The first-order chi connectivity index (χ1) is 17.1. The van der Waals surface area contributed by atoms with Crippen molar-refractivity contribution in [2.24, 2.45) is 0 Å². The topological polar surface area (TPSA) is 104 Å². The van der Waals surface area contributed by atoms with Gasteiger partial charge in [-0.3, -0.25) is 9.59 Å². The molecule has 0 spiro atoms. The van der Waals surface area contributed by atoms with Gasteiger partial charge < -0.3 is 10.6 Å². The molecule has 1 atom stereocenters. The molecule has 3 N–H and O–H groups in total. The molecule has 194 valence electrons. The van der Waals surface area contributed by atoms with Gasteiger partial charge in [0.2, 0.25) is 22.4 Å². The van der Waals surface area contributed by atoms with Crippen LogP contribution < -0.4 is 15.4 Å². The highest BCUT2D eigenvalue weighted by atomic mass is 35.5. The SMILES string of the molecule is Cc1cc(Cl)ccc1S(=O)(=O)NCCCCNC(=O)C(CC(F)F)NC(=O)c1cc2ccccc2s1. The Labute approximate surface area is 217 Å². The van der Waals surface area contributed by atoms with Gasteiger partial charge in [-0.05, 0) is 61.0 Å². The summed E-state index contributed by atoms with van der Waals surface area (Å²) in [6, 6.07) is 12.1. The molecular formula is C24H26ClF2N3O4S2. The molecule has 3 aromatic rings. The van der Waals surface area contributed by atoms with E-state index in [-0.39, 0.29) is 18.0 Å². The smallest absolute Gasteiger partial charge is 0.262 e. The molecule has 1 heterocycles. The predicted molar refractivity (Wildman–Crippen MR) is 137 cm³/mol. The number of aryl methyl sites for hydroxylation is 1. The van der Waals surface area contributed by atoms with Gasteiger partial charge in [0.25, 0.3) is 5.91 Å². The number of rotatable bonds is 12. The Morgan fingerprint density at radius 1 is 1.06 bits per heavy atom. The number of hydrogen-bond donors (Lipinski definition) is 3. The lowest BCUT2D eigenvalue weighted by Crippen LogP contribution is -2.47. The first kappa shape index (κ1) is 28.0. The molecule has 1 aromatic heterocycles. The molecule has 0 saturated heterocycles. The number of thiophene rings is 1. The van der Waals surface area contributed by atoms with Crippen LogP contribution in [0.4, 0.5) is 8.78 Å². The van der Waals surface area contributed by atoms with Crippen LogP contribution in [0.25, 0.3) is 10.1 Å². The van der Waals surface area contributed by atoms with E-state index in [9.17, 15) is 26.8 Å². The third kappa shape index (κ3) is 7.70. The van der Waals surface area contributed by atoms with E-state index in [0.717, 1.165) is 10.1 Å². The van der Waals surface area contributed by atoms with E-state index in [1.807, 2.05) is 24.3 Å². The lowest BCUT2D eigenvalue weighted by Gasteiger charge is -2.18. The van der Waals surface area contributed by atoms with Gasteiger partial charge in [0.15, 0.2) is 0 Å². The van der Waals surface area contributed by atoms with Gasteiger partial charge in [0.05, 0.1) is 9.77 Å². The Kier molecular flexibility index (Phi) is 9.77. The van der Waals surface area contributed by atoms with Crippen LogP contribution >= 0.6 is 22.9 Å². The van der Waals surface area contributed by atoms with Crippen molar-refractivity contribution >= 4 is 54.9 Å². The van der Waals surface area contributed by atoms with Crippen LogP contribution in [0.15, 0.2) is 53.4 Å². The van der Waals surface area contributed by atoms with E-state index < -0.39 is 40.7 Å². The molecule has 1 unspecified atom stereocenters. The number of carbonyl (C=O) groups is 2. The molecule has 0 bridgehead atoms. The van der Waals surface area contributed by atoms with Gasteiger partial charge in [-0.1, -0.05) is 29.8 Å². The zero-order valence-corrected chi connectivity index (χ0v) is 21.8. The van der Waals surface area contributed by atoms with Crippen LogP contribution in [0.1, 0.15) is 34.5 Å². The van der Waals surface area contributed by atoms with Crippen LogP contribution in [0.5, 0.6) is 0 Å². The summed E-state index contributed by atoms with van der Waals surface area (Å²) < 4.78 is 54.4. The summed E-state index contributed by atoms with van der Waals surface area (Å²) >= 11 is 7.08. The van der Waals surface area contributed by atoms with E-state index in [1.54, 1.807) is 19.1 Å². The fraction of sp³-hybridized carbons (Fsp3) is 0.333. The Hall–Kier alpha value is -2.60. The van der Waals surface area contributed by atoms with Gasteiger partial charge >= 0.3 is 0 Å². The van der Waals surface area contributed by atoms with Gasteiger partial charge in [-0.15, -0.1) is 11.3 Å². The first-order valence-electron chi connectivity index (χ1n) is 11.2. The number of halogens is 3. The van der Waals surface area contributed by atoms with Crippen molar-refractivity contribution in [3.05, 3.63) is 64.0 Å². The second-order valence-electron chi connectivity index (χ2n) is 8.11. The fourth-order valence-corrected chi connectivity index (χ4v) is 6.01. The van der Waals surface area contributed by atoms with Gasteiger partial charge in [0, 0.05) is 29.2 Å². The molecule has 0 saturated carbocycles. The lowest BCUT2D eigenvalue weighted by atomic mass is 10.2. The van der Waals surface area contributed by atoms with Crippen molar-refractivity contribution in [2.75, 3.05) is 13.1 Å². The standard InChI is InChI=1S/C24H26ClF2N3O4S2/c1-15-12-17(25)8-9-21(15)36(33,34)29-11-5-4-10-28-23(31)18(14-22(26)27)30-24(32)20-13-16-6-2-3-7-19(16)35-20/h2-3,6-9,12-13,18,22,29H,4-5,10-11,14H2,1H3,(H,28,31)(H,30,32). The minimum atomic E-state index is -3.71. The Morgan fingerprint density at radius 3 is 2.47 bits per heavy atom. The summed E-state index contributed by atoms with van der Waals surface area (Å²) in [4.78, 5) is 25.5. The fourth-order valence-electron chi connectivity index (χ4n) is 3.52. The molecule has 0 fully saturated rings. The van der Waals surface area contributed by atoms with Crippen LogP contribution in [0.2, 0.25) is 5.02 Å². The zero-order valence-electron chi connectivity index (χ0n) is 19.4. The van der Waals surface area contributed by atoms with Crippen molar-refractivity contribution in [3.8, 4) is 0 Å². The summed E-state index contributed by atoms with van der Waals surface area (Å²) in [7, 11) is -3.71. The highest BCUT2D eigenvalue weighted by Crippen LogP contribution is 2.25. The second kappa shape index (κ2) is 12.6. The number of fused-ring (bicyclic) bond motifs is 1. The number of unbranched alkanes of at least 4 members (excludes halogenated alkanes) is 1. The molecule has 0 aliphatic carbocycles. The minimum Gasteiger partial charge on any atom is -0.354 e. The number of sulfonamides is 1. The molecule has 2 aromatic carbocycles.